The van der Waals surface area contributed by atoms with Crippen LogP contribution in [0.5, 0.6) is 0 Å². The molecule has 0 aliphatic carbocycles. The highest BCUT2D eigenvalue weighted by Crippen LogP contribution is 2.30. The number of halogens is 3. The van der Waals surface area contributed by atoms with E-state index in [1.54, 1.807) is 0 Å². The van der Waals surface area contributed by atoms with Crippen molar-refractivity contribution in [2.75, 3.05) is 12.3 Å². The van der Waals surface area contributed by atoms with Crippen molar-refractivity contribution in [2.24, 2.45) is 5.73 Å². The molecule has 2 heterocycles. The number of hydrogen-bond donors (Lipinski definition) is 1. The fraction of sp³-hybridized carbons (Fsp3) is 0.167. The molecule has 126 valence electrons. The molecule has 8 nitrogen and oxygen atoms in total. The molecule has 3 rings (SSSR count). The largest absolute Gasteiger partial charge is 0.446 e. The van der Waals surface area contributed by atoms with E-state index in [-0.39, 0.29) is 17.2 Å². The highest BCUT2D eigenvalue weighted by molar-refractivity contribution is 9.10. The van der Waals surface area contributed by atoms with Gasteiger partial charge in [-0.1, -0.05) is 16.9 Å². The van der Waals surface area contributed by atoms with E-state index in [4.69, 9.17) is 5.73 Å². The molecule has 2 N–H and O–H groups in total. The highest BCUT2D eigenvalue weighted by atomic mass is 79.9. The summed E-state index contributed by atoms with van der Waals surface area (Å²) < 4.78 is 37.4. The Kier molecular flexibility index (Phi) is 4.78. The van der Waals surface area contributed by atoms with Gasteiger partial charge in [-0.2, -0.15) is 0 Å². The van der Waals surface area contributed by atoms with E-state index < -0.39 is 21.9 Å². The lowest BCUT2D eigenvalue weighted by molar-refractivity contribution is 0.299. The highest BCUT2D eigenvalue weighted by Gasteiger charge is 2.25. The third-order valence-electron chi connectivity index (χ3n) is 2.89. The second kappa shape index (κ2) is 6.83. The van der Waals surface area contributed by atoms with E-state index >= 15 is 0 Å². The maximum absolute atomic E-state index is 14.3. The molecule has 1 aromatic carbocycles. The first-order valence-electron chi connectivity index (χ1n) is 6.43. The van der Waals surface area contributed by atoms with Crippen molar-refractivity contribution in [2.45, 2.75) is 5.03 Å². The van der Waals surface area contributed by atoms with Gasteiger partial charge in [0.1, 0.15) is 5.82 Å². The van der Waals surface area contributed by atoms with Gasteiger partial charge in [0.05, 0.1) is 10.2 Å². The van der Waals surface area contributed by atoms with E-state index in [1.165, 1.54) is 11.8 Å². The molecule has 0 aliphatic rings. The van der Waals surface area contributed by atoms with Crippen LogP contribution in [0.1, 0.15) is 0 Å². The SMILES string of the molecule is NCCSc1nonc1-c1noc(=O)n1-c1ccc(F)c(Br)c1F. The van der Waals surface area contributed by atoms with Crippen molar-refractivity contribution in [3.63, 3.8) is 0 Å². The number of nitrogens with zero attached hydrogens (tertiary/aromatic N) is 4. The lowest BCUT2D eigenvalue weighted by Gasteiger charge is -2.06. The zero-order chi connectivity index (χ0) is 17.3. The Labute approximate surface area is 145 Å². The average molecular weight is 420 g/mol. The van der Waals surface area contributed by atoms with E-state index in [1.807, 2.05) is 0 Å². The minimum absolute atomic E-state index is 0.0825. The quantitative estimate of drug-likeness (QED) is 0.493. The van der Waals surface area contributed by atoms with Crippen LogP contribution >= 0.6 is 27.7 Å². The molecule has 0 bridgehead atoms. The Morgan fingerprint density at radius 2 is 2.08 bits per heavy atom. The second-order valence-electron chi connectivity index (χ2n) is 4.36. The molecule has 0 fully saturated rings. The molecule has 0 radical (unpaired) electrons. The summed E-state index contributed by atoms with van der Waals surface area (Å²) in [5.74, 6) is -2.39. The molecule has 0 spiro atoms. The smallest absolute Gasteiger partial charge is 0.330 e. The lowest BCUT2D eigenvalue weighted by Crippen LogP contribution is -2.15. The number of rotatable bonds is 5. The molecule has 0 saturated carbocycles. The van der Waals surface area contributed by atoms with Crippen LogP contribution in [0.2, 0.25) is 0 Å². The third kappa shape index (κ3) is 2.87. The Hall–Kier alpha value is -2.05. The Bertz CT molecular complexity index is 941. The standard InChI is InChI=1S/C12H8BrF2N5O3S/c13-7-5(14)1-2-6(8(7)15)20-10(18-22-12(20)21)9-11(19-23-17-9)24-4-3-16/h1-2H,3-4,16H2. The minimum Gasteiger partial charge on any atom is -0.330 e. The molecular formula is C12H8BrF2N5O3S. The van der Waals surface area contributed by atoms with Gasteiger partial charge in [-0.3, -0.25) is 4.52 Å². The summed E-state index contributed by atoms with van der Waals surface area (Å²) in [5.41, 5.74) is 5.25. The molecule has 24 heavy (non-hydrogen) atoms. The molecule has 2 aromatic heterocycles. The summed E-state index contributed by atoms with van der Waals surface area (Å²) in [6.45, 7) is 0.377. The van der Waals surface area contributed by atoms with Crippen molar-refractivity contribution >= 4 is 27.7 Å². The normalized spacial score (nSPS) is 11.2. The van der Waals surface area contributed by atoms with Crippen LogP contribution in [0.25, 0.3) is 17.2 Å². The van der Waals surface area contributed by atoms with E-state index in [9.17, 15) is 13.6 Å². The molecule has 0 unspecified atom stereocenters. The molecule has 0 amide bonds. The Morgan fingerprint density at radius 3 is 2.83 bits per heavy atom. The van der Waals surface area contributed by atoms with Crippen molar-refractivity contribution < 1.29 is 17.9 Å². The molecular weight excluding hydrogens is 412 g/mol. The van der Waals surface area contributed by atoms with Crippen LogP contribution in [0.4, 0.5) is 8.78 Å². The number of benzene rings is 1. The summed E-state index contributed by atoms with van der Waals surface area (Å²) in [4.78, 5) is 12.0. The first kappa shape index (κ1) is 16.8. The van der Waals surface area contributed by atoms with Gasteiger partial charge in [0.15, 0.2) is 16.5 Å². The predicted octanol–water partition coefficient (Wildman–Crippen LogP) is 1.97. The molecule has 0 saturated heterocycles. The summed E-state index contributed by atoms with van der Waals surface area (Å²) in [5, 5.41) is 11.3. The maximum Gasteiger partial charge on any atom is 0.446 e. The summed E-state index contributed by atoms with van der Waals surface area (Å²) >= 11 is 4.00. The first-order valence-corrected chi connectivity index (χ1v) is 8.20. The second-order valence-corrected chi connectivity index (χ2v) is 6.23. The number of thioether (sulfide) groups is 1. The van der Waals surface area contributed by atoms with E-state index in [0.29, 0.717) is 17.3 Å². The molecule has 12 heteroatoms. The van der Waals surface area contributed by atoms with E-state index in [2.05, 4.69) is 40.6 Å². The van der Waals surface area contributed by atoms with Crippen LogP contribution in [-0.4, -0.2) is 32.3 Å². The van der Waals surface area contributed by atoms with Crippen LogP contribution < -0.4 is 11.5 Å². The minimum atomic E-state index is -0.992. The maximum atomic E-state index is 14.3. The zero-order valence-electron chi connectivity index (χ0n) is 11.7. The fourth-order valence-electron chi connectivity index (χ4n) is 1.87. The third-order valence-corrected chi connectivity index (χ3v) is 4.60. The van der Waals surface area contributed by atoms with Gasteiger partial charge in [-0.15, -0.1) is 0 Å². The number of hydrogen-bond acceptors (Lipinski definition) is 8. The van der Waals surface area contributed by atoms with Crippen LogP contribution in [0, 0.1) is 11.6 Å². The number of aromatic nitrogens is 4. The summed E-state index contributed by atoms with van der Waals surface area (Å²) in [6.07, 6.45) is 0. The summed E-state index contributed by atoms with van der Waals surface area (Å²) in [7, 11) is 0. The van der Waals surface area contributed by atoms with Gasteiger partial charge in [-0.25, -0.2) is 22.8 Å². The van der Waals surface area contributed by atoms with Crippen LogP contribution in [0.15, 0.2) is 35.6 Å². The zero-order valence-corrected chi connectivity index (χ0v) is 14.1. The molecule has 0 aliphatic heterocycles. The topological polar surface area (TPSA) is 113 Å². The van der Waals surface area contributed by atoms with E-state index in [0.717, 1.165) is 16.7 Å². The lowest BCUT2D eigenvalue weighted by atomic mass is 10.3. The van der Waals surface area contributed by atoms with Gasteiger partial charge < -0.3 is 5.73 Å². The van der Waals surface area contributed by atoms with Crippen molar-refractivity contribution in [1.29, 1.82) is 0 Å². The average Bonchev–Trinajstić information content (AvgIpc) is 3.17. The van der Waals surface area contributed by atoms with Crippen molar-refractivity contribution in [1.82, 2.24) is 20.0 Å². The fourth-order valence-corrected chi connectivity index (χ4v) is 2.87. The van der Waals surface area contributed by atoms with Gasteiger partial charge in [-0.05, 0) is 38.4 Å². The molecule has 0 atom stereocenters. The van der Waals surface area contributed by atoms with Gasteiger partial charge in [0.2, 0.25) is 5.82 Å². The van der Waals surface area contributed by atoms with Crippen molar-refractivity contribution in [3.05, 3.63) is 38.8 Å². The monoisotopic (exact) mass is 419 g/mol. The Morgan fingerprint density at radius 1 is 1.29 bits per heavy atom. The van der Waals surface area contributed by atoms with Crippen molar-refractivity contribution in [3.8, 4) is 17.2 Å². The van der Waals surface area contributed by atoms with Gasteiger partial charge in [0, 0.05) is 12.3 Å². The van der Waals surface area contributed by atoms with Gasteiger partial charge >= 0.3 is 5.76 Å². The van der Waals surface area contributed by atoms with Gasteiger partial charge in [0.25, 0.3) is 0 Å². The first-order chi connectivity index (χ1) is 11.5. The predicted molar refractivity (Wildman–Crippen MR) is 82.8 cm³/mol. The van der Waals surface area contributed by atoms with Crippen LogP contribution in [-0.2, 0) is 0 Å². The molecule has 3 aromatic rings. The summed E-state index contributed by atoms with van der Waals surface area (Å²) in [6, 6.07) is 2.08. The number of nitrogens with two attached hydrogens (primary N) is 1. The van der Waals surface area contributed by atoms with Crippen LogP contribution in [0.3, 0.4) is 0 Å². The Balaban J connectivity index is 2.17.